The summed E-state index contributed by atoms with van der Waals surface area (Å²) in [7, 11) is 1.57. The summed E-state index contributed by atoms with van der Waals surface area (Å²) in [6.07, 6.45) is -0.540. The summed E-state index contributed by atoms with van der Waals surface area (Å²) in [5.74, 6) is 1.17. The number of methoxy groups -OCH3 is 1. The molecule has 0 amide bonds. The number of hydrogen-bond donors (Lipinski definition) is 1. The van der Waals surface area contributed by atoms with Gasteiger partial charge in [0.1, 0.15) is 0 Å². The SMILES string of the molecule is COc1cc([C@@H](C)O)ccc1OCOCc1ccccc1. The van der Waals surface area contributed by atoms with Crippen LogP contribution >= 0.6 is 0 Å². The van der Waals surface area contributed by atoms with Crippen molar-refractivity contribution in [2.24, 2.45) is 0 Å². The lowest BCUT2D eigenvalue weighted by Crippen LogP contribution is -2.04. The molecule has 0 saturated heterocycles. The first kappa shape index (κ1) is 15.4. The molecule has 112 valence electrons. The third kappa shape index (κ3) is 4.48. The van der Waals surface area contributed by atoms with Crippen LogP contribution < -0.4 is 9.47 Å². The normalized spacial score (nSPS) is 12.0. The topological polar surface area (TPSA) is 47.9 Å². The van der Waals surface area contributed by atoms with Crippen LogP contribution in [0.5, 0.6) is 11.5 Å². The second-order valence-electron chi connectivity index (χ2n) is 4.68. The van der Waals surface area contributed by atoms with Gasteiger partial charge >= 0.3 is 0 Å². The summed E-state index contributed by atoms with van der Waals surface area (Å²) in [6, 6.07) is 15.2. The fraction of sp³-hybridized carbons (Fsp3) is 0.294. The Morgan fingerprint density at radius 1 is 1.05 bits per heavy atom. The van der Waals surface area contributed by atoms with E-state index >= 15 is 0 Å². The monoisotopic (exact) mass is 288 g/mol. The third-order valence-electron chi connectivity index (χ3n) is 3.08. The molecular formula is C17H20O4. The molecule has 0 saturated carbocycles. The summed E-state index contributed by atoms with van der Waals surface area (Å²) in [6.45, 7) is 2.34. The first-order chi connectivity index (χ1) is 10.2. The molecule has 0 spiro atoms. The quantitative estimate of drug-likeness (QED) is 0.627. The first-order valence-corrected chi connectivity index (χ1v) is 6.81. The van der Waals surface area contributed by atoms with Crippen molar-refractivity contribution in [2.75, 3.05) is 13.9 Å². The Hall–Kier alpha value is -2.04. The van der Waals surface area contributed by atoms with Crippen molar-refractivity contribution < 1.29 is 19.3 Å². The van der Waals surface area contributed by atoms with Crippen molar-refractivity contribution >= 4 is 0 Å². The van der Waals surface area contributed by atoms with E-state index in [1.165, 1.54) is 0 Å². The molecule has 21 heavy (non-hydrogen) atoms. The van der Waals surface area contributed by atoms with Gasteiger partial charge in [0.25, 0.3) is 0 Å². The fourth-order valence-electron chi connectivity index (χ4n) is 1.90. The molecule has 2 rings (SSSR count). The standard InChI is InChI=1S/C17H20O4/c1-13(18)15-8-9-16(17(10-15)19-2)21-12-20-11-14-6-4-3-5-7-14/h3-10,13,18H,11-12H2,1-2H3/t13-/m1/s1. The number of aliphatic hydroxyl groups is 1. The molecule has 4 nitrogen and oxygen atoms in total. The maximum atomic E-state index is 9.55. The van der Waals surface area contributed by atoms with Gasteiger partial charge in [-0.25, -0.2) is 0 Å². The Balaban J connectivity index is 1.88. The molecule has 0 aliphatic rings. The molecule has 0 aliphatic carbocycles. The van der Waals surface area contributed by atoms with Crippen molar-refractivity contribution in [3.63, 3.8) is 0 Å². The molecule has 4 heteroatoms. The van der Waals surface area contributed by atoms with E-state index in [4.69, 9.17) is 14.2 Å². The number of rotatable bonds is 7. The highest BCUT2D eigenvalue weighted by atomic mass is 16.7. The molecule has 2 aromatic carbocycles. The van der Waals surface area contributed by atoms with Gasteiger partial charge in [-0.15, -0.1) is 0 Å². The molecule has 0 heterocycles. The largest absolute Gasteiger partial charge is 0.493 e. The predicted octanol–water partition coefficient (Wildman–Crippen LogP) is 3.30. The number of aliphatic hydroxyl groups excluding tert-OH is 1. The maximum absolute atomic E-state index is 9.55. The summed E-state index contributed by atoms with van der Waals surface area (Å²) < 4.78 is 16.3. The van der Waals surface area contributed by atoms with Crippen LogP contribution in [0.15, 0.2) is 48.5 Å². The van der Waals surface area contributed by atoms with Crippen LogP contribution in [0, 0.1) is 0 Å². The summed E-state index contributed by atoms with van der Waals surface area (Å²) in [5.41, 5.74) is 1.88. The second kappa shape index (κ2) is 7.67. The Bertz CT molecular complexity index is 552. The Morgan fingerprint density at radius 3 is 2.48 bits per heavy atom. The van der Waals surface area contributed by atoms with Crippen LogP contribution in [0.2, 0.25) is 0 Å². The average Bonchev–Trinajstić information content (AvgIpc) is 2.52. The zero-order chi connectivity index (χ0) is 15.1. The van der Waals surface area contributed by atoms with E-state index in [2.05, 4.69) is 0 Å². The zero-order valence-corrected chi connectivity index (χ0v) is 12.3. The fourth-order valence-corrected chi connectivity index (χ4v) is 1.90. The van der Waals surface area contributed by atoms with Crippen molar-refractivity contribution in [3.8, 4) is 11.5 Å². The lowest BCUT2D eigenvalue weighted by atomic mass is 10.1. The highest BCUT2D eigenvalue weighted by Gasteiger charge is 2.08. The van der Waals surface area contributed by atoms with Gasteiger partial charge in [-0.1, -0.05) is 36.4 Å². The highest BCUT2D eigenvalue weighted by molar-refractivity contribution is 5.43. The molecule has 0 aromatic heterocycles. The van der Waals surface area contributed by atoms with Gasteiger partial charge in [0.2, 0.25) is 0 Å². The minimum absolute atomic E-state index is 0.138. The van der Waals surface area contributed by atoms with Crippen molar-refractivity contribution in [3.05, 3.63) is 59.7 Å². The van der Waals surface area contributed by atoms with Crippen LogP contribution in [0.3, 0.4) is 0 Å². The molecule has 0 bridgehead atoms. The van der Waals surface area contributed by atoms with Crippen LogP contribution in [0.4, 0.5) is 0 Å². The maximum Gasteiger partial charge on any atom is 0.189 e. The van der Waals surface area contributed by atoms with Crippen LogP contribution in [-0.4, -0.2) is 19.0 Å². The number of hydrogen-bond acceptors (Lipinski definition) is 4. The predicted molar refractivity (Wildman–Crippen MR) is 80.4 cm³/mol. The van der Waals surface area contributed by atoms with Gasteiger partial charge in [0, 0.05) is 0 Å². The van der Waals surface area contributed by atoms with Crippen LogP contribution in [0.1, 0.15) is 24.2 Å². The van der Waals surface area contributed by atoms with E-state index < -0.39 is 6.10 Å². The first-order valence-electron chi connectivity index (χ1n) is 6.81. The van der Waals surface area contributed by atoms with E-state index in [0.717, 1.165) is 11.1 Å². The van der Waals surface area contributed by atoms with E-state index in [1.54, 1.807) is 32.2 Å². The van der Waals surface area contributed by atoms with Gasteiger partial charge in [-0.2, -0.15) is 0 Å². The van der Waals surface area contributed by atoms with E-state index in [0.29, 0.717) is 18.1 Å². The van der Waals surface area contributed by atoms with Gasteiger partial charge < -0.3 is 19.3 Å². The van der Waals surface area contributed by atoms with E-state index in [9.17, 15) is 5.11 Å². The smallest absolute Gasteiger partial charge is 0.189 e. The molecular weight excluding hydrogens is 268 g/mol. The number of ether oxygens (including phenoxy) is 3. The third-order valence-corrected chi connectivity index (χ3v) is 3.08. The number of benzene rings is 2. The van der Waals surface area contributed by atoms with Crippen LogP contribution in [-0.2, 0) is 11.3 Å². The lowest BCUT2D eigenvalue weighted by Gasteiger charge is -2.13. The summed E-state index contributed by atoms with van der Waals surface area (Å²) in [4.78, 5) is 0. The molecule has 1 N–H and O–H groups in total. The summed E-state index contributed by atoms with van der Waals surface area (Å²) >= 11 is 0. The minimum atomic E-state index is -0.540. The van der Waals surface area contributed by atoms with Crippen molar-refractivity contribution in [2.45, 2.75) is 19.6 Å². The molecule has 0 aliphatic heterocycles. The van der Waals surface area contributed by atoms with E-state index in [1.807, 2.05) is 30.3 Å². The molecule has 0 fully saturated rings. The molecule has 0 radical (unpaired) electrons. The minimum Gasteiger partial charge on any atom is -0.493 e. The molecule has 0 unspecified atom stereocenters. The van der Waals surface area contributed by atoms with Crippen molar-refractivity contribution in [1.82, 2.24) is 0 Å². The van der Waals surface area contributed by atoms with Gasteiger partial charge in [0.15, 0.2) is 18.3 Å². The van der Waals surface area contributed by atoms with E-state index in [-0.39, 0.29) is 6.79 Å². The van der Waals surface area contributed by atoms with Gasteiger partial charge in [-0.05, 0) is 30.2 Å². The zero-order valence-electron chi connectivity index (χ0n) is 12.3. The highest BCUT2D eigenvalue weighted by Crippen LogP contribution is 2.30. The van der Waals surface area contributed by atoms with Gasteiger partial charge in [0.05, 0.1) is 19.8 Å². The lowest BCUT2D eigenvalue weighted by molar-refractivity contribution is 0.00372. The van der Waals surface area contributed by atoms with Crippen molar-refractivity contribution in [1.29, 1.82) is 0 Å². The Labute approximate surface area is 124 Å². The Morgan fingerprint density at radius 2 is 1.81 bits per heavy atom. The van der Waals surface area contributed by atoms with Crippen LogP contribution in [0.25, 0.3) is 0 Å². The second-order valence-corrected chi connectivity index (χ2v) is 4.68. The summed E-state index contributed by atoms with van der Waals surface area (Å²) in [5, 5.41) is 9.55. The van der Waals surface area contributed by atoms with Gasteiger partial charge in [-0.3, -0.25) is 0 Å². The molecule has 1 atom stereocenters. The Kier molecular flexibility index (Phi) is 5.60. The molecule has 2 aromatic rings. The average molecular weight is 288 g/mol.